The van der Waals surface area contributed by atoms with Crippen LogP contribution in [-0.2, 0) is 10.9 Å². The number of carbonyl (C=O) groups excluding carboxylic acids is 2. The maximum Gasteiger partial charge on any atom is 0.419 e. The Morgan fingerprint density at radius 1 is 1.12 bits per heavy atom. The molecule has 0 spiro atoms. The minimum Gasteiger partial charge on any atom is -0.453 e. The van der Waals surface area contributed by atoms with E-state index in [-0.39, 0.29) is 23.0 Å². The second-order valence-corrected chi connectivity index (χ2v) is 9.39. The molecular weight excluding hydrogens is 564 g/mol. The topological polar surface area (TPSA) is 137 Å². The molecule has 1 N–H and O–H groups in total. The van der Waals surface area contributed by atoms with Gasteiger partial charge in [-0.2, -0.15) is 23.0 Å². The van der Waals surface area contributed by atoms with Crippen LogP contribution in [0.4, 0.5) is 22.4 Å². The lowest BCUT2D eigenvalue weighted by Gasteiger charge is -2.38. The molecule has 1 aliphatic rings. The van der Waals surface area contributed by atoms with Crippen LogP contribution in [0, 0.1) is 5.82 Å². The van der Waals surface area contributed by atoms with Crippen molar-refractivity contribution in [3.05, 3.63) is 88.0 Å². The fraction of sp³-hybridized carbons (Fsp3) is 0.269. The summed E-state index contributed by atoms with van der Waals surface area (Å²) in [6.07, 6.45) is -1.01. The van der Waals surface area contributed by atoms with Gasteiger partial charge in [0.1, 0.15) is 11.5 Å². The van der Waals surface area contributed by atoms with E-state index in [0.717, 1.165) is 28.9 Å². The summed E-state index contributed by atoms with van der Waals surface area (Å²) in [7, 11) is 1.29. The molecule has 1 saturated heterocycles. The molecule has 0 radical (unpaired) electrons. The predicted molar refractivity (Wildman–Crippen MR) is 137 cm³/mol. The molecule has 1 aliphatic heterocycles. The van der Waals surface area contributed by atoms with Crippen LogP contribution in [0.2, 0.25) is 0 Å². The average molecular weight is 587 g/mol. The molecule has 4 heterocycles. The van der Waals surface area contributed by atoms with Crippen molar-refractivity contribution in [2.24, 2.45) is 0 Å². The summed E-state index contributed by atoms with van der Waals surface area (Å²) in [5, 5.41) is 14.6. The highest BCUT2D eigenvalue weighted by molar-refractivity contribution is 5.92. The zero-order valence-corrected chi connectivity index (χ0v) is 22.0. The molecule has 2 amide bonds. The first-order valence-corrected chi connectivity index (χ1v) is 12.4. The van der Waals surface area contributed by atoms with Crippen molar-refractivity contribution in [3.63, 3.8) is 0 Å². The molecule has 12 nitrogen and oxygen atoms in total. The number of methoxy groups -OCH3 is 1. The number of hydrogen-bond donors (Lipinski definition) is 1. The van der Waals surface area contributed by atoms with Gasteiger partial charge in [0.2, 0.25) is 0 Å². The molecular formula is C26H22F4N8O4. The fourth-order valence-corrected chi connectivity index (χ4v) is 4.46. The van der Waals surface area contributed by atoms with Gasteiger partial charge in [0.05, 0.1) is 48.5 Å². The molecule has 3 aromatic heterocycles. The predicted octanol–water partition coefficient (Wildman–Crippen LogP) is 3.16. The lowest BCUT2D eigenvalue weighted by molar-refractivity contribution is -0.140. The van der Waals surface area contributed by atoms with Gasteiger partial charge < -0.3 is 15.0 Å². The summed E-state index contributed by atoms with van der Waals surface area (Å²) < 4.78 is 61.2. The molecule has 4 aromatic rings. The lowest BCUT2D eigenvalue weighted by Crippen LogP contribution is -2.51. The minimum atomic E-state index is -4.90. The summed E-state index contributed by atoms with van der Waals surface area (Å²) in [4.78, 5) is 43.0. The third-order valence-corrected chi connectivity index (χ3v) is 6.66. The van der Waals surface area contributed by atoms with Crippen LogP contribution in [0.3, 0.4) is 0 Å². The molecule has 1 aromatic carbocycles. The second kappa shape index (κ2) is 11.0. The molecule has 1 fully saturated rings. The number of rotatable bonds is 6. The number of aromatic nitrogens is 6. The van der Waals surface area contributed by atoms with Gasteiger partial charge >= 0.3 is 12.3 Å². The summed E-state index contributed by atoms with van der Waals surface area (Å²) in [6.45, 7) is 2.04. The first kappa shape index (κ1) is 28.4. The molecule has 1 atom stereocenters. The van der Waals surface area contributed by atoms with Gasteiger partial charge in [-0.3, -0.25) is 14.6 Å². The number of carbonyl (C=O) groups is 2. The van der Waals surface area contributed by atoms with Crippen molar-refractivity contribution in [3.8, 4) is 16.9 Å². The monoisotopic (exact) mass is 586 g/mol. The number of benzene rings is 1. The van der Waals surface area contributed by atoms with E-state index in [9.17, 15) is 31.9 Å². The molecule has 218 valence electrons. The van der Waals surface area contributed by atoms with E-state index in [1.165, 1.54) is 37.5 Å². The van der Waals surface area contributed by atoms with Gasteiger partial charge in [-0.05, 0) is 25.1 Å². The number of nitrogens with one attached hydrogen (secondary N) is 1. The third kappa shape index (κ3) is 5.42. The van der Waals surface area contributed by atoms with Crippen molar-refractivity contribution in [1.82, 2.24) is 40.0 Å². The highest BCUT2D eigenvalue weighted by Crippen LogP contribution is 2.34. The van der Waals surface area contributed by atoms with Crippen molar-refractivity contribution in [2.45, 2.75) is 25.2 Å². The van der Waals surface area contributed by atoms with Crippen molar-refractivity contribution in [1.29, 1.82) is 0 Å². The summed E-state index contributed by atoms with van der Waals surface area (Å²) in [6, 6.07) is 5.29. The maximum absolute atomic E-state index is 14.6. The van der Waals surface area contributed by atoms with Crippen LogP contribution in [0.1, 0.15) is 40.6 Å². The van der Waals surface area contributed by atoms with E-state index in [1.807, 2.05) is 0 Å². The van der Waals surface area contributed by atoms with Crippen LogP contribution >= 0.6 is 0 Å². The standard InChI is InChI=1S/C26H22F4N8O4/c1-14(18-4-3-5-19(23(18)27)26(28,29)30)33-24(40)20-6-7-22(39)38(34-20)16-8-15(9-31-10-16)21-11-32-35-37(21)17-12-36(13-17)25(41)42-2/h3-11,14,17H,12-13H2,1-2H3,(H,33,40)/t14-/m1/s1. The van der Waals surface area contributed by atoms with Gasteiger partial charge in [-0.25, -0.2) is 13.9 Å². The zero-order valence-electron chi connectivity index (χ0n) is 22.0. The summed E-state index contributed by atoms with van der Waals surface area (Å²) in [5.41, 5.74) is -1.39. The van der Waals surface area contributed by atoms with Gasteiger partial charge in [0.25, 0.3) is 11.5 Å². The SMILES string of the molecule is COC(=O)N1CC(n2nncc2-c2cncc(-n3nc(C(=O)N[C@H](C)c4cccc(C(F)(F)F)c4F)ccc3=O)c2)C1. The molecule has 16 heteroatoms. The number of halogens is 4. The van der Waals surface area contributed by atoms with Crippen molar-refractivity contribution in [2.75, 3.05) is 20.2 Å². The average Bonchev–Trinajstić information content (AvgIpc) is 3.41. The van der Waals surface area contributed by atoms with Crippen molar-refractivity contribution >= 4 is 12.0 Å². The zero-order chi connectivity index (χ0) is 30.2. The minimum absolute atomic E-state index is 0.165. The Kier molecular flexibility index (Phi) is 7.45. The van der Waals surface area contributed by atoms with E-state index in [2.05, 4.69) is 25.7 Å². The fourth-order valence-electron chi connectivity index (χ4n) is 4.46. The molecule has 0 unspecified atom stereocenters. The maximum atomic E-state index is 14.6. The van der Waals surface area contributed by atoms with E-state index < -0.39 is 41.2 Å². The Morgan fingerprint density at radius 3 is 2.60 bits per heavy atom. The molecule has 42 heavy (non-hydrogen) atoms. The van der Waals surface area contributed by atoms with E-state index in [1.54, 1.807) is 10.7 Å². The normalized spacial score (nSPS) is 14.3. The Labute approximate surface area is 234 Å². The highest BCUT2D eigenvalue weighted by atomic mass is 19.4. The highest BCUT2D eigenvalue weighted by Gasteiger charge is 2.36. The summed E-state index contributed by atoms with van der Waals surface area (Å²) in [5.74, 6) is -2.34. The second-order valence-electron chi connectivity index (χ2n) is 9.39. The number of pyridine rings is 1. The van der Waals surface area contributed by atoms with Crippen LogP contribution in [0.15, 0.2) is 59.8 Å². The quantitative estimate of drug-likeness (QED) is 0.340. The van der Waals surface area contributed by atoms with Gasteiger partial charge in [-0.1, -0.05) is 17.3 Å². The number of nitrogens with zero attached hydrogens (tertiary/aromatic N) is 7. The Bertz CT molecular complexity index is 1710. The van der Waals surface area contributed by atoms with Crippen molar-refractivity contribution < 1.29 is 31.9 Å². The number of amides is 2. The van der Waals surface area contributed by atoms with Crippen LogP contribution in [0.25, 0.3) is 16.9 Å². The molecule has 0 saturated carbocycles. The Balaban J connectivity index is 1.38. The van der Waals surface area contributed by atoms with E-state index in [4.69, 9.17) is 4.74 Å². The van der Waals surface area contributed by atoms with Gasteiger partial charge in [0.15, 0.2) is 0 Å². The largest absolute Gasteiger partial charge is 0.453 e. The third-order valence-electron chi connectivity index (χ3n) is 6.66. The van der Waals surface area contributed by atoms with Crippen LogP contribution in [0.5, 0.6) is 0 Å². The molecule has 0 aliphatic carbocycles. The smallest absolute Gasteiger partial charge is 0.419 e. The first-order valence-electron chi connectivity index (χ1n) is 12.4. The Hall–Kier alpha value is -5.15. The lowest BCUT2D eigenvalue weighted by atomic mass is 10.0. The summed E-state index contributed by atoms with van der Waals surface area (Å²) >= 11 is 0. The molecule has 5 rings (SSSR count). The number of alkyl halides is 3. The number of likely N-dealkylation sites (tertiary alicyclic amines) is 1. The molecule has 0 bridgehead atoms. The number of ether oxygens (including phenoxy) is 1. The van der Waals surface area contributed by atoms with E-state index >= 15 is 0 Å². The number of hydrogen-bond acceptors (Lipinski definition) is 8. The Morgan fingerprint density at radius 2 is 1.88 bits per heavy atom. The first-order chi connectivity index (χ1) is 20.0. The van der Waals surface area contributed by atoms with Crippen LogP contribution in [-0.4, -0.2) is 66.9 Å². The van der Waals surface area contributed by atoms with Crippen LogP contribution < -0.4 is 10.9 Å². The van der Waals surface area contributed by atoms with Gasteiger partial charge in [-0.15, -0.1) is 5.10 Å². The van der Waals surface area contributed by atoms with E-state index in [0.29, 0.717) is 30.4 Å². The van der Waals surface area contributed by atoms with Gasteiger partial charge in [0, 0.05) is 36.5 Å².